The molecule has 1 aromatic rings. The second-order valence-corrected chi connectivity index (χ2v) is 3.79. The van der Waals surface area contributed by atoms with Gasteiger partial charge in [0.05, 0.1) is 5.25 Å². The minimum Gasteiger partial charge on any atom is -0.298 e. The summed E-state index contributed by atoms with van der Waals surface area (Å²) in [6.07, 6.45) is 2.59. The van der Waals surface area contributed by atoms with E-state index in [9.17, 15) is 4.79 Å². The Balaban J connectivity index is 2.85. The number of Topliss-reactive ketones (excluding diaryl/α,β-unsaturated/α-hetero) is 1. The van der Waals surface area contributed by atoms with Crippen LogP contribution in [0.3, 0.4) is 0 Å². The first-order valence-corrected chi connectivity index (χ1v) is 5.68. The fourth-order valence-electron chi connectivity index (χ4n) is 1.27. The topological polar surface area (TPSA) is 17.1 Å². The number of carbonyl (C=O) groups excluding carboxylic acids is 1. The van der Waals surface area contributed by atoms with Gasteiger partial charge in [-0.1, -0.05) is 37.3 Å². The van der Waals surface area contributed by atoms with Crippen LogP contribution in [0.25, 0.3) is 0 Å². The van der Waals surface area contributed by atoms with Crippen molar-refractivity contribution in [2.24, 2.45) is 0 Å². The van der Waals surface area contributed by atoms with Crippen LogP contribution in [-0.4, -0.2) is 12.0 Å². The molecule has 2 heteroatoms. The number of benzene rings is 1. The van der Waals surface area contributed by atoms with Crippen molar-refractivity contribution in [1.29, 1.82) is 0 Å². The molecule has 0 saturated heterocycles. The summed E-state index contributed by atoms with van der Waals surface area (Å²) in [5.41, 5.74) is 1.11. The number of hydrogen-bond donors (Lipinski definition) is 0. The highest BCUT2D eigenvalue weighted by Crippen LogP contribution is 2.28. The maximum atomic E-state index is 11.5. The molecule has 0 bridgehead atoms. The quantitative estimate of drug-likeness (QED) is 0.732. The monoisotopic (exact) mass is 194 g/mol. The molecule has 0 aliphatic heterocycles. The molecular weight excluding hydrogens is 180 g/mol. The van der Waals surface area contributed by atoms with E-state index < -0.39 is 0 Å². The third-order valence-electron chi connectivity index (χ3n) is 1.98. The van der Waals surface area contributed by atoms with Crippen LogP contribution in [0.5, 0.6) is 0 Å². The first-order chi connectivity index (χ1) is 6.29. The minimum atomic E-state index is 0.0196. The Morgan fingerprint density at radius 2 is 2.00 bits per heavy atom. The highest BCUT2D eigenvalue weighted by atomic mass is 32.2. The Morgan fingerprint density at radius 1 is 1.38 bits per heavy atom. The molecular formula is C11H14OS. The Labute approximate surface area is 83.5 Å². The van der Waals surface area contributed by atoms with E-state index in [0.717, 1.165) is 5.56 Å². The van der Waals surface area contributed by atoms with Gasteiger partial charge in [0, 0.05) is 6.42 Å². The summed E-state index contributed by atoms with van der Waals surface area (Å²) in [6.45, 7) is 1.91. The number of ketones is 1. The molecule has 1 rings (SSSR count). The normalized spacial score (nSPS) is 12.5. The molecule has 0 aliphatic carbocycles. The summed E-state index contributed by atoms with van der Waals surface area (Å²) in [6, 6.07) is 9.93. The van der Waals surface area contributed by atoms with Crippen LogP contribution in [-0.2, 0) is 4.79 Å². The first-order valence-electron chi connectivity index (χ1n) is 4.40. The summed E-state index contributed by atoms with van der Waals surface area (Å²) in [5, 5.41) is 0.0196. The molecule has 13 heavy (non-hydrogen) atoms. The number of thioether (sulfide) groups is 1. The van der Waals surface area contributed by atoms with Crippen molar-refractivity contribution in [3.8, 4) is 0 Å². The lowest BCUT2D eigenvalue weighted by Crippen LogP contribution is -2.06. The summed E-state index contributed by atoms with van der Waals surface area (Å²) in [7, 11) is 0. The van der Waals surface area contributed by atoms with Crippen molar-refractivity contribution < 1.29 is 4.79 Å². The van der Waals surface area contributed by atoms with Gasteiger partial charge in [0.25, 0.3) is 0 Å². The average molecular weight is 194 g/mol. The third kappa shape index (κ3) is 2.59. The molecule has 1 nitrogen and oxygen atoms in total. The van der Waals surface area contributed by atoms with Crippen LogP contribution in [0.4, 0.5) is 0 Å². The molecule has 1 aromatic carbocycles. The highest BCUT2D eigenvalue weighted by molar-refractivity contribution is 7.99. The van der Waals surface area contributed by atoms with Crippen molar-refractivity contribution in [2.75, 3.05) is 6.26 Å². The van der Waals surface area contributed by atoms with Crippen molar-refractivity contribution >= 4 is 17.5 Å². The zero-order chi connectivity index (χ0) is 9.68. The predicted molar refractivity (Wildman–Crippen MR) is 58.0 cm³/mol. The van der Waals surface area contributed by atoms with Gasteiger partial charge in [-0.25, -0.2) is 0 Å². The zero-order valence-electron chi connectivity index (χ0n) is 7.99. The second-order valence-electron chi connectivity index (χ2n) is 2.85. The van der Waals surface area contributed by atoms with Crippen LogP contribution in [0, 0.1) is 0 Å². The molecule has 0 heterocycles. The van der Waals surface area contributed by atoms with E-state index in [1.807, 2.05) is 43.5 Å². The van der Waals surface area contributed by atoms with Gasteiger partial charge in [0.15, 0.2) is 0 Å². The van der Waals surface area contributed by atoms with Crippen molar-refractivity contribution in [1.82, 2.24) is 0 Å². The smallest absolute Gasteiger partial charge is 0.149 e. The summed E-state index contributed by atoms with van der Waals surface area (Å²) >= 11 is 1.61. The van der Waals surface area contributed by atoms with E-state index in [2.05, 4.69) is 0 Å². The van der Waals surface area contributed by atoms with Gasteiger partial charge in [-0.3, -0.25) is 4.79 Å². The van der Waals surface area contributed by atoms with Crippen LogP contribution in [0.1, 0.15) is 24.2 Å². The predicted octanol–water partition coefficient (Wildman–Crippen LogP) is 3.07. The SMILES string of the molecule is CCC(=O)C(SC)c1ccccc1. The van der Waals surface area contributed by atoms with E-state index >= 15 is 0 Å². The van der Waals surface area contributed by atoms with Crippen molar-refractivity contribution in [2.45, 2.75) is 18.6 Å². The molecule has 1 unspecified atom stereocenters. The molecule has 1 atom stereocenters. The lowest BCUT2D eigenvalue weighted by Gasteiger charge is -2.11. The standard InChI is InChI=1S/C11H14OS/c1-3-10(12)11(13-2)9-7-5-4-6-8-9/h4-8,11H,3H2,1-2H3. The lowest BCUT2D eigenvalue weighted by atomic mass is 10.1. The third-order valence-corrected chi connectivity index (χ3v) is 2.99. The van der Waals surface area contributed by atoms with E-state index in [-0.39, 0.29) is 5.25 Å². The number of rotatable bonds is 4. The van der Waals surface area contributed by atoms with Crippen LogP contribution < -0.4 is 0 Å². The van der Waals surface area contributed by atoms with Gasteiger partial charge >= 0.3 is 0 Å². The number of carbonyl (C=O) groups is 1. The largest absolute Gasteiger partial charge is 0.298 e. The van der Waals surface area contributed by atoms with Gasteiger partial charge in [0.1, 0.15) is 5.78 Å². The molecule has 0 aromatic heterocycles. The van der Waals surface area contributed by atoms with Gasteiger partial charge in [-0.15, -0.1) is 11.8 Å². The second kappa shape index (κ2) is 5.07. The summed E-state index contributed by atoms with van der Waals surface area (Å²) in [5.74, 6) is 0.304. The summed E-state index contributed by atoms with van der Waals surface area (Å²) in [4.78, 5) is 11.5. The summed E-state index contributed by atoms with van der Waals surface area (Å²) < 4.78 is 0. The van der Waals surface area contributed by atoms with Crippen LogP contribution in [0.2, 0.25) is 0 Å². The van der Waals surface area contributed by atoms with Gasteiger partial charge in [-0.05, 0) is 11.8 Å². The van der Waals surface area contributed by atoms with Crippen molar-refractivity contribution in [3.63, 3.8) is 0 Å². The Kier molecular flexibility index (Phi) is 4.03. The fraction of sp³-hybridized carbons (Fsp3) is 0.364. The van der Waals surface area contributed by atoms with E-state index in [0.29, 0.717) is 12.2 Å². The maximum Gasteiger partial charge on any atom is 0.149 e. The van der Waals surface area contributed by atoms with Crippen molar-refractivity contribution in [3.05, 3.63) is 35.9 Å². The van der Waals surface area contributed by atoms with Gasteiger partial charge in [0.2, 0.25) is 0 Å². The van der Waals surface area contributed by atoms with Crippen LogP contribution >= 0.6 is 11.8 Å². The van der Waals surface area contributed by atoms with E-state index in [1.165, 1.54) is 0 Å². The van der Waals surface area contributed by atoms with Gasteiger partial charge < -0.3 is 0 Å². The number of hydrogen-bond acceptors (Lipinski definition) is 2. The average Bonchev–Trinajstić information content (AvgIpc) is 2.20. The molecule has 0 spiro atoms. The Morgan fingerprint density at radius 3 is 2.46 bits per heavy atom. The first kappa shape index (κ1) is 10.3. The Hall–Kier alpha value is -0.760. The molecule has 0 aliphatic rings. The van der Waals surface area contributed by atoms with Crippen LogP contribution in [0.15, 0.2) is 30.3 Å². The van der Waals surface area contributed by atoms with Gasteiger partial charge in [-0.2, -0.15) is 0 Å². The zero-order valence-corrected chi connectivity index (χ0v) is 8.80. The highest BCUT2D eigenvalue weighted by Gasteiger charge is 2.16. The molecule has 70 valence electrons. The maximum absolute atomic E-state index is 11.5. The molecule has 0 N–H and O–H groups in total. The van der Waals surface area contributed by atoms with E-state index in [4.69, 9.17) is 0 Å². The molecule has 0 fully saturated rings. The fourth-order valence-corrected chi connectivity index (χ4v) is 2.13. The molecule has 0 radical (unpaired) electrons. The lowest BCUT2D eigenvalue weighted by molar-refractivity contribution is -0.118. The minimum absolute atomic E-state index is 0.0196. The molecule has 0 amide bonds. The molecule has 0 saturated carbocycles. The van der Waals surface area contributed by atoms with E-state index in [1.54, 1.807) is 11.8 Å². The Bertz CT molecular complexity index is 269.